The Bertz CT molecular complexity index is 370. The molecule has 94 valence electrons. The Morgan fingerprint density at radius 2 is 1.88 bits per heavy atom. The van der Waals surface area contributed by atoms with Crippen molar-refractivity contribution < 1.29 is 4.79 Å². The van der Waals surface area contributed by atoms with Gasteiger partial charge in [0.2, 0.25) is 5.91 Å². The molecule has 0 radical (unpaired) electrons. The molecular weight excluding hydrogens is 214 g/mol. The number of benzene rings is 1. The lowest BCUT2D eigenvalue weighted by atomic mass is 10.1. The molecule has 0 unspecified atom stereocenters. The van der Waals surface area contributed by atoms with Crippen LogP contribution in [0.2, 0.25) is 0 Å². The predicted molar refractivity (Wildman–Crippen MR) is 70.8 cm³/mol. The van der Waals surface area contributed by atoms with Gasteiger partial charge < -0.3 is 4.90 Å². The van der Waals surface area contributed by atoms with E-state index in [0.717, 1.165) is 13.0 Å². The second-order valence-electron chi connectivity index (χ2n) is 4.44. The largest absolute Gasteiger partial charge is 0.375 e. The van der Waals surface area contributed by atoms with Crippen molar-refractivity contribution in [2.45, 2.75) is 26.7 Å². The van der Waals surface area contributed by atoms with Crippen LogP contribution in [0.4, 0.5) is 5.69 Å². The molecule has 3 N–H and O–H groups in total. The van der Waals surface area contributed by atoms with Crippen molar-refractivity contribution in [2.75, 3.05) is 18.5 Å². The maximum Gasteiger partial charge on any atom is 0.233 e. The normalized spacial score (nSPS) is 10.1. The zero-order chi connectivity index (χ0) is 12.8. The van der Waals surface area contributed by atoms with Crippen LogP contribution in [-0.2, 0) is 4.79 Å². The lowest BCUT2D eigenvalue weighted by Crippen LogP contribution is -2.30. The summed E-state index contributed by atoms with van der Waals surface area (Å²) in [6.07, 6.45) is 1.26. The molecule has 1 aromatic rings. The van der Waals surface area contributed by atoms with Crippen molar-refractivity contribution in [3.8, 4) is 0 Å². The standard InChI is InChI=1S/C13H21N3O/c1-10-7-11(2)9-12(8-10)16(3)6-4-5-13(17)15-14/h7-9H,4-6,14H2,1-3H3,(H,15,17). The molecule has 0 saturated heterocycles. The van der Waals surface area contributed by atoms with E-state index in [1.807, 2.05) is 7.05 Å². The first-order valence-electron chi connectivity index (χ1n) is 5.82. The molecule has 0 spiro atoms. The minimum atomic E-state index is -0.112. The molecular formula is C13H21N3O. The number of anilines is 1. The maximum atomic E-state index is 11.0. The van der Waals surface area contributed by atoms with E-state index >= 15 is 0 Å². The molecule has 0 heterocycles. The number of amides is 1. The second kappa shape index (κ2) is 6.25. The van der Waals surface area contributed by atoms with E-state index in [4.69, 9.17) is 5.84 Å². The van der Waals surface area contributed by atoms with Gasteiger partial charge in [0.1, 0.15) is 0 Å². The number of aryl methyl sites for hydroxylation is 2. The summed E-state index contributed by atoms with van der Waals surface area (Å²) in [7, 11) is 2.04. The first-order valence-corrected chi connectivity index (χ1v) is 5.82. The van der Waals surface area contributed by atoms with E-state index in [0.29, 0.717) is 6.42 Å². The number of carbonyl (C=O) groups excluding carboxylic acids is 1. The summed E-state index contributed by atoms with van der Waals surface area (Å²) >= 11 is 0. The number of nitrogens with two attached hydrogens (primary N) is 1. The Hall–Kier alpha value is -1.55. The topological polar surface area (TPSA) is 58.4 Å². The molecule has 0 aliphatic rings. The SMILES string of the molecule is Cc1cc(C)cc(N(C)CCCC(=O)NN)c1. The van der Waals surface area contributed by atoms with Gasteiger partial charge in [-0.2, -0.15) is 0 Å². The van der Waals surface area contributed by atoms with Gasteiger partial charge in [0.15, 0.2) is 0 Å². The van der Waals surface area contributed by atoms with Crippen molar-refractivity contribution >= 4 is 11.6 Å². The molecule has 1 rings (SSSR count). The van der Waals surface area contributed by atoms with Crippen LogP contribution in [0.15, 0.2) is 18.2 Å². The molecule has 17 heavy (non-hydrogen) atoms. The van der Waals surface area contributed by atoms with E-state index < -0.39 is 0 Å². The zero-order valence-corrected chi connectivity index (χ0v) is 10.8. The summed E-state index contributed by atoms with van der Waals surface area (Å²) in [5.41, 5.74) is 5.84. The van der Waals surface area contributed by atoms with Crippen LogP contribution in [0.25, 0.3) is 0 Å². The van der Waals surface area contributed by atoms with Gasteiger partial charge in [-0.05, 0) is 43.5 Å². The van der Waals surface area contributed by atoms with Gasteiger partial charge in [-0.25, -0.2) is 5.84 Å². The average Bonchev–Trinajstić information content (AvgIpc) is 2.27. The molecule has 0 atom stereocenters. The van der Waals surface area contributed by atoms with Gasteiger partial charge in [0.05, 0.1) is 0 Å². The van der Waals surface area contributed by atoms with Crippen LogP contribution in [0, 0.1) is 13.8 Å². The third-order valence-corrected chi connectivity index (χ3v) is 2.71. The fraction of sp³-hybridized carbons (Fsp3) is 0.462. The maximum absolute atomic E-state index is 11.0. The molecule has 0 aliphatic heterocycles. The van der Waals surface area contributed by atoms with Crippen LogP contribution in [-0.4, -0.2) is 19.5 Å². The van der Waals surface area contributed by atoms with Crippen LogP contribution < -0.4 is 16.2 Å². The smallest absolute Gasteiger partial charge is 0.233 e. The van der Waals surface area contributed by atoms with Crippen LogP contribution in [0.3, 0.4) is 0 Å². The summed E-state index contributed by atoms with van der Waals surface area (Å²) in [5, 5.41) is 0. The summed E-state index contributed by atoms with van der Waals surface area (Å²) in [6.45, 7) is 5.02. The van der Waals surface area contributed by atoms with Gasteiger partial charge in [0.25, 0.3) is 0 Å². The Balaban J connectivity index is 2.52. The monoisotopic (exact) mass is 235 g/mol. The fourth-order valence-corrected chi connectivity index (χ4v) is 1.85. The number of hydrazine groups is 1. The minimum absolute atomic E-state index is 0.112. The van der Waals surface area contributed by atoms with Crippen LogP contribution in [0.1, 0.15) is 24.0 Å². The molecule has 1 amide bonds. The van der Waals surface area contributed by atoms with Crippen molar-refractivity contribution in [1.29, 1.82) is 0 Å². The second-order valence-corrected chi connectivity index (χ2v) is 4.44. The lowest BCUT2D eigenvalue weighted by Gasteiger charge is -2.20. The van der Waals surface area contributed by atoms with E-state index in [2.05, 4.69) is 42.4 Å². The van der Waals surface area contributed by atoms with Crippen molar-refractivity contribution in [1.82, 2.24) is 5.43 Å². The van der Waals surface area contributed by atoms with Crippen LogP contribution >= 0.6 is 0 Å². The first kappa shape index (κ1) is 13.5. The van der Waals surface area contributed by atoms with Crippen LogP contribution in [0.5, 0.6) is 0 Å². The van der Waals surface area contributed by atoms with E-state index in [-0.39, 0.29) is 5.91 Å². The molecule has 4 nitrogen and oxygen atoms in total. The molecule has 0 bridgehead atoms. The third-order valence-electron chi connectivity index (χ3n) is 2.71. The third kappa shape index (κ3) is 4.44. The highest BCUT2D eigenvalue weighted by atomic mass is 16.2. The van der Waals surface area contributed by atoms with E-state index in [1.54, 1.807) is 0 Å². The fourth-order valence-electron chi connectivity index (χ4n) is 1.85. The number of nitrogens with zero attached hydrogens (tertiary/aromatic N) is 1. The van der Waals surface area contributed by atoms with Crippen molar-refractivity contribution in [3.05, 3.63) is 29.3 Å². The van der Waals surface area contributed by atoms with Gasteiger partial charge >= 0.3 is 0 Å². The van der Waals surface area contributed by atoms with Gasteiger partial charge in [-0.15, -0.1) is 0 Å². The number of hydrogen-bond donors (Lipinski definition) is 2. The quantitative estimate of drug-likeness (QED) is 0.462. The summed E-state index contributed by atoms with van der Waals surface area (Å²) < 4.78 is 0. The predicted octanol–water partition coefficient (Wildman–Crippen LogP) is 1.51. The number of carbonyl (C=O) groups is 1. The number of rotatable bonds is 5. The highest BCUT2D eigenvalue weighted by Crippen LogP contribution is 2.17. The average molecular weight is 235 g/mol. The molecule has 0 saturated carbocycles. The Kier molecular flexibility index (Phi) is 4.97. The zero-order valence-electron chi connectivity index (χ0n) is 10.8. The molecule has 0 fully saturated rings. The van der Waals surface area contributed by atoms with Gasteiger partial charge in [-0.1, -0.05) is 6.07 Å². The number of nitrogens with one attached hydrogen (secondary N) is 1. The van der Waals surface area contributed by atoms with Crippen molar-refractivity contribution in [2.24, 2.45) is 5.84 Å². The Morgan fingerprint density at radius 1 is 1.29 bits per heavy atom. The van der Waals surface area contributed by atoms with E-state index in [9.17, 15) is 4.79 Å². The van der Waals surface area contributed by atoms with Gasteiger partial charge in [0, 0.05) is 25.7 Å². The lowest BCUT2D eigenvalue weighted by molar-refractivity contribution is -0.121. The van der Waals surface area contributed by atoms with Crippen molar-refractivity contribution in [3.63, 3.8) is 0 Å². The summed E-state index contributed by atoms with van der Waals surface area (Å²) in [5.74, 6) is 4.91. The van der Waals surface area contributed by atoms with E-state index in [1.165, 1.54) is 16.8 Å². The molecule has 4 heteroatoms. The minimum Gasteiger partial charge on any atom is -0.375 e. The Morgan fingerprint density at radius 3 is 2.41 bits per heavy atom. The molecule has 0 aromatic heterocycles. The number of hydrogen-bond acceptors (Lipinski definition) is 3. The molecule has 0 aliphatic carbocycles. The summed E-state index contributed by atoms with van der Waals surface area (Å²) in [4.78, 5) is 13.1. The Labute approximate surface area is 103 Å². The first-order chi connectivity index (χ1) is 8.02. The highest BCUT2D eigenvalue weighted by Gasteiger charge is 2.04. The highest BCUT2D eigenvalue weighted by molar-refractivity contribution is 5.75. The summed E-state index contributed by atoms with van der Waals surface area (Å²) in [6, 6.07) is 6.45. The van der Waals surface area contributed by atoms with Gasteiger partial charge in [-0.3, -0.25) is 10.2 Å². The molecule has 1 aromatic carbocycles.